The van der Waals surface area contributed by atoms with E-state index in [2.05, 4.69) is 11.9 Å². The first kappa shape index (κ1) is 24.4. The third kappa shape index (κ3) is 6.06. The minimum Gasteiger partial charge on any atom is -0.366 e. The number of carbonyl (C=O) groups is 2. The number of anilines is 1. The SMILES string of the molecule is C=CCN(CC(=O)Nc1ccc(C(N)=O)cc1)S(=O)(=O)c1ccc(Cl)c(C(F)(F)F)c1. The zero-order valence-corrected chi connectivity index (χ0v) is 17.4. The molecule has 0 aliphatic rings. The summed E-state index contributed by atoms with van der Waals surface area (Å²) in [6.07, 6.45) is -3.67. The van der Waals surface area contributed by atoms with Crippen molar-refractivity contribution in [2.75, 3.05) is 18.4 Å². The lowest BCUT2D eigenvalue weighted by Crippen LogP contribution is -2.38. The molecule has 0 aliphatic carbocycles. The lowest BCUT2D eigenvalue weighted by Gasteiger charge is -2.21. The number of amides is 2. The van der Waals surface area contributed by atoms with Gasteiger partial charge in [0.2, 0.25) is 21.8 Å². The van der Waals surface area contributed by atoms with Gasteiger partial charge < -0.3 is 11.1 Å². The van der Waals surface area contributed by atoms with Crippen LogP contribution in [0, 0.1) is 0 Å². The number of sulfonamides is 1. The fraction of sp³-hybridized carbons (Fsp3) is 0.158. The third-order valence-corrected chi connectivity index (χ3v) is 6.12. The Labute approximate surface area is 181 Å². The standard InChI is InChI=1S/C19H17ClF3N3O4S/c1-2-9-26(11-17(27)25-13-5-3-12(4-6-13)18(24)28)31(29,30)14-7-8-16(20)15(10-14)19(21,22)23/h2-8,10H,1,9,11H2,(H2,24,28)(H,25,27). The summed E-state index contributed by atoms with van der Waals surface area (Å²) >= 11 is 5.54. The number of nitrogens with two attached hydrogens (primary N) is 1. The molecule has 0 bridgehead atoms. The van der Waals surface area contributed by atoms with Gasteiger partial charge >= 0.3 is 6.18 Å². The van der Waals surface area contributed by atoms with E-state index in [1.54, 1.807) is 0 Å². The van der Waals surface area contributed by atoms with Gasteiger partial charge in [-0.3, -0.25) is 9.59 Å². The molecule has 2 amide bonds. The van der Waals surface area contributed by atoms with Gasteiger partial charge in [-0.25, -0.2) is 8.42 Å². The van der Waals surface area contributed by atoms with Crippen LogP contribution < -0.4 is 11.1 Å². The number of rotatable bonds is 8. The molecule has 0 aromatic heterocycles. The zero-order valence-electron chi connectivity index (χ0n) is 15.8. The highest BCUT2D eigenvalue weighted by atomic mass is 35.5. The number of hydrogen-bond donors (Lipinski definition) is 2. The van der Waals surface area contributed by atoms with Gasteiger partial charge in [0, 0.05) is 17.8 Å². The molecule has 0 heterocycles. The van der Waals surface area contributed by atoms with E-state index in [1.165, 1.54) is 30.3 Å². The van der Waals surface area contributed by atoms with Crippen molar-refractivity contribution in [3.8, 4) is 0 Å². The van der Waals surface area contributed by atoms with Crippen molar-refractivity contribution in [3.63, 3.8) is 0 Å². The van der Waals surface area contributed by atoms with Crippen molar-refractivity contribution in [2.45, 2.75) is 11.1 Å². The minimum atomic E-state index is -4.86. The molecule has 2 aromatic carbocycles. The third-order valence-electron chi connectivity index (χ3n) is 3.99. The maximum atomic E-state index is 13.1. The van der Waals surface area contributed by atoms with Gasteiger partial charge in [-0.2, -0.15) is 17.5 Å². The van der Waals surface area contributed by atoms with Crippen LogP contribution in [0.4, 0.5) is 18.9 Å². The predicted octanol–water partition coefficient (Wildman–Crippen LogP) is 3.27. The second-order valence-electron chi connectivity index (χ2n) is 6.22. The second kappa shape index (κ2) is 9.50. The van der Waals surface area contributed by atoms with Gasteiger partial charge in [0.25, 0.3) is 0 Å². The molecule has 0 atom stereocenters. The first-order valence-corrected chi connectivity index (χ1v) is 10.4. The molecule has 0 saturated carbocycles. The molecule has 31 heavy (non-hydrogen) atoms. The number of primary amides is 1. The lowest BCUT2D eigenvalue weighted by molar-refractivity contribution is -0.137. The number of halogens is 4. The Morgan fingerprint density at radius 1 is 1.16 bits per heavy atom. The summed E-state index contributed by atoms with van der Waals surface area (Å²) in [5, 5.41) is 1.78. The maximum absolute atomic E-state index is 13.1. The Balaban J connectivity index is 2.27. The Hall–Kier alpha value is -2.89. The highest BCUT2D eigenvalue weighted by molar-refractivity contribution is 7.89. The molecular weight excluding hydrogens is 459 g/mol. The Morgan fingerprint density at radius 2 is 1.77 bits per heavy atom. The Morgan fingerprint density at radius 3 is 2.29 bits per heavy atom. The molecule has 166 valence electrons. The minimum absolute atomic E-state index is 0.206. The monoisotopic (exact) mass is 475 g/mol. The van der Waals surface area contributed by atoms with Crippen molar-refractivity contribution in [1.29, 1.82) is 0 Å². The fourth-order valence-corrected chi connectivity index (χ4v) is 4.12. The van der Waals surface area contributed by atoms with Gasteiger partial charge in [-0.15, -0.1) is 6.58 Å². The molecular formula is C19H17ClF3N3O4S. The molecule has 0 spiro atoms. The highest BCUT2D eigenvalue weighted by Gasteiger charge is 2.35. The van der Waals surface area contributed by atoms with Crippen LogP contribution in [-0.4, -0.2) is 37.6 Å². The Bertz CT molecular complexity index is 1100. The molecule has 0 saturated heterocycles. The van der Waals surface area contributed by atoms with Gasteiger partial charge in [0.15, 0.2) is 0 Å². The summed E-state index contributed by atoms with van der Waals surface area (Å²) < 4.78 is 65.7. The van der Waals surface area contributed by atoms with Crippen LogP contribution in [0.5, 0.6) is 0 Å². The maximum Gasteiger partial charge on any atom is 0.417 e. The van der Waals surface area contributed by atoms with E-state index in [1.807, 2.05) is 0 Å². The lowest BCUT2D eigenvalue weighted by atomic mass is 10.2. The molecule has 0 radical (unpaired) electrons. The second-order valence-corrected chi connectivity index (χ2v) is 8.56. The van der Waals surface area contributed by atoms with Crippen LogP contribution in [0.15, 0.2) is 60.0 Å². The van der Waals surface area contributed by atoms with E-state index >= 15 is 0 Å². The van der Waals surface area contributed by atoms with Crippen molar-refractivity contribution < 1.29 is 31.2 Å². The summed E-state index contributed by atoms with van der Waals surface area (Å²) in [7, 11) is -4.49. The van der Waals surface area contributed by atoms with E-state index in [-0.39, 0.29) is 17.8 Å². The van der Waals surface area contributed by atoms with Crippen LogP contribution in [0.25, 0.3) is 0 Å². The Kier molecular flexibility index (Phi) is 7.47. The number of nitrogens with one attached hydrogen (secondary N) is 1. The fourth-order valence-electron chi connectivity index (χ4n) is 2.50. The van der Waals surface area contributed by atoms with E-state index in [4.69, 9.17) is 17.3 Å². The first-order valence-electron chi connectivity index (χ1n) is 8.53. The van der Waals surface area contributed by atoms with Crippen molar-refractivity contribution in [3.05, 3.63) is 71.3 Å². The molecule has 3 N–H and O–H groups in total. The number of benzene rings is 2. The topological polar surface area (TPSA) is 110 Å². The van der Waals surface area contributed by atoms with Crippen LogP contribution in [0.2, 0.25) is 5.02 Å². The summed E-state index contributed by atoms with van der Waals surface area (Å²) in [6.45, 7) is 2.38. The van der Waals surface area contributed by atoms with Crippen LogP contribution in [0.3, 0.4) is 0 Å². The highest BCUT2D eigenvalue weighted by Crippen LogP contribution is 2.36. The number of hydrogen-bond acceptors (Lipinski definition) is 4. The molecule has 0 unspecified atom stereocenters. The normalized spacial score (nSPS) is 11.9. The van der Waals surface area contributed by atoms with E-state index in [0.29, 0.717) is 10.4 Å². The molecule has 0 aliphatic heterocycles. The van der Waals surface area contributed by atoms with E-state index < -0.39 is 50.0 Å². The van der Waals surface area contributed by atoms with Gasteiger partial charge in [-0.1, -0.05) is 17.7 Å². The smallest absolute Gasteiger partial charge is 0.366 e. The summed E-state index contributed by atoms with van der Waals surface area (Å²) in [5.41, 5.74) is 4.28. The van der Waals surface area contributed by atoms with Gasteiger partial charge in [0.1, 0.15) is 0 Å². The largest absolute Gasteiger partial charge is 0.417 e. The quantitative estimate of drug-likeness (QED) is 0.571. The average molecular weight is 476 g/mol. The number of carbonyl (C=O) groups excluding carboxylic acids is 2. The molecule has 12 heteroatoms. The summed E-state index contributed by atoms with van der Waals surface area (Å²) in [6, 6.07) is 7.66. The van der Waals surface area contributed by atoms with Crippen LogP contribution >= 0.6 is 11.6 Å². The average Bonchev–Trinajstić information content (AvgIpc) is 2.67. The predicted molar refractivity (Wildman–Crippen MR) is 109 cm³/mol. The van der Waals surface area contributed by atoms with Gasteiger partial charge in [-0.05, 0) is 42.5 Å². The number of nitrogens with zero attached hydrogens (tertiary/aromatic N) is 1. The summed E-state index contributed by atoms with van der Waals surface area (Å²) in [4.78, 5) is 22.7. The molecule has 0 fully saturated rings. The van der Waals surface area contributed by atoms with Crippen LogP contribution in [0.1, 0.15) is 15.9 Å². The van der Waals surface area contributed by atoms with E-state index in [9.17, 15) is 31.2 Å². The van der Waals surface area contributed by atoms with E-state index in [0.717, 1.165) is 12.1 Å². The first-order chi connectivity index (χ1) is 14.4. The van der Waals surface area contributed by atoms with Crippen LogP contribution in [-0.2, 0) is 21.0 Å². The molecule has 2 aromatic rings. The number of alkyl halides is 3. The summed E-state index contributed by atoms with van der Waals surface area (Å²) in [5.74, 6) is -1.43. The van der Waals surface area contributed by atoms with Gasteiger partial charge in [0.05, 0.1) is 22.0 Å². The zero-order chi connectivity index (χ0) is 23.4. The van der Waals surface area contributed by atoms with Crippen molar-refractivity contribution in [1.82, 2.24) is 4.31 Å². The van der Waals surface area contributed by atoms with Crippen molar-refractivity contribution in [2.24, 2.45) is 5.73 Å². The molecule has 2 rings (SSSR count). The van der Waals surface area contributed by atoms with Crippen molar-refractivity contribution >= 4 is 39.1 Å². The molecule has 7 nitrogen and oxygen atoms in total.